The average molecular weight is 217 g/mol. The molecule has 0 aromatic heterocycles. The van der Waals surface area contributed by atoms with Crippen molar-refractivity contribution in [2.24, 2.45) is 5.92 Å². The lowest BCUT2D eigenvalue weighted by molar-refractivity contribution is 0.176. The van der Waals surface area contributed by atoms with Crippen LogP contribution in [0.15, 0.2) is 18.2 Å². The van der Waals surface area contributed by atoms with Gasteiger partial charge in [0.25, 0.3) is 0 Å². The Balaban J connectivity index is 2.08. The minimum absolute atomic E-state index is 0.873. The summed E-state index contributed by atoms with van der Waals surface area (Å²) >= 11 is 0. The van der Waals surface area contributed by atoms with Crippen molar-refractivity contribution in [1.82, 2.24) is 4.90 Å². The number of likely N-dealkylation sites (tertiary alicyclic amines) is 1. The number of hydrogen-bond acceptors (Lipinski definition) is 1. The maximum absolute atomic E-state index is 2.61. The molecule has 0 amide bonds. The molecule has 1 aromatic rings. The molecule has 0 N–H and O–H groups in total. The minimum Gasteiger partial charge on any atom is -0.299 e. The highest BCUT2D eigenvalue weighted by Gasteiger charge is 2.17. The van der Waals surface area contributed by atoms with Gasteiger partial charge in [-0.25, -0.2) is 0 Å². The monoisotopic (exact) mass is 217 g/mol. The molecule has 1 atom stereocenters. The van der Waals surface area contributed by atoms with Crippen molar-refractivity contribution in [2.45, 2.75) is 40.2 Å². The number of piperidine rings is 1. The van der Waals surface area contributed by atoms with Gasteiger partial charge < -0.3 is 0 Å². The summed E-state index contributed by atoms with van der Waals surface area (Å²) in [5, 5.41) is 0. The molecule has 0 spiro atoms. The van der Waals surface area contributed by atoms with Gasteiger partial charge in [-0.15, -0.1) is 0 Å². The molecule has 16 heavy (non-hydrogen) atoms. The van der Waals surface area contributed by atoms with Crippen molar-refractivity contribution in [3.8, 4) is 0 Å². The first-order valence-electron chi connectivity index (χ1n) is 6.44. The second-order valence-corrected chi connectivity index (χ2v) is 5.35. The van der Waals surface area contributed by atoms with Gasteiger partial charge >= 0.3 is 0 Å². The summed E-state index contributed by atoms with van der Waals surface area (Å²) in [6.07, 6.45) is 2.77. The van der Waals surface area contributed by atoms with E-state index in [4.69, 9.17) is 0 Å². The van der Waals surface area contributed by atoms with Crippen molar-refractivity contribution < 1.29 is 0 Å². The van der Waals surface area contributed by atoms with Gasteiger partial charge in [0.1, 0.15) is 0 Å². The molecule has 1 fully saturated rings. The first kappa shape index (κ1) is 11.7. The van der Waals surface area contributed by atoms with Gasteiger partial charge in [0, 0.05) is 13.1 Å². The Labute approximate surface area is 99.5 Å². The largest absolute Gasteiger partial charge is 0.299 e. The molecule has 1 saturated heterocycles. The van der Waals surface area contributed by atoms with Crippen LogP contribution in [0.1, 0.15) is 36.5 Å². The van der Waals surface area contributed by atoms with Gasteiger partial charge in [-0.1, -0.05) is 25.1 Å². The van der Waals surface area contributed by atoms with Crippen molar-refractivity contribution in [3.05, 3.63) is 34.9 Å². The molecule has 0 bridgehead atoms. The molecule has 0 unspecified atom stereocenters. The lowest BCUT2D eigenvalue weighted by atomic mass is 9.97. The zero-order chi connectivity index (χ0) is 11.5. The van der Waals surface area contributed by atoms with Crippen LogP contribution in [0.3, 0.4) is 0 Å². The van der Waals surface area contributed by atoms with Crippen molar-refractivity contribution in [3.63, 3.8) is 0 Å². The number of nitrogens with zero attached hydrogens (tertiary/aromatic N) is 1. The van der Waals surface area contributed by atoms with E-state index in [1.54, 1.807) is 0 Å². The normalized spacial score (nSPS) is 22.3. The van der Waals surface area contributed by atoms with Crippen LogP contribution in [-0.4, -0.2) is 18.0 Å². The van der Waals surface area contributed by atoms with Crippen LogP contribution >= 0.6 is 0 Å². The molecule has 2 rings (SSSR count). The molecular weight excluding hydrogens is 194 g/mol. The molecule has 0 aliphatic carbocycles. The molecule has 1 aliphatic heterocycles. The van der Waals surface area contributed by atoms with Gasteiger partial charge in [-0.3, -0.25) is 4.90 Å². The van der Waals surface area contributed by atoms with Crippen LogP contribution in [-0.2, 0) is 6.54 Å². The molecule has 1 heteroatoms. The first-order chi connectivity index (χ1) is 7.66. The molecule has 88 valence electrons. The van der Waals surface area contributed by atoms with Crippen molar-refractivity contribution in [1.29, 1.82) is 0 Å². The van der Waals surface area contributed by atoms with E-state index >= 15 is 0 Å². The van der Waals surface area contributed by atoms with Gasteiger partial charge in [0.2, 0.25) is 0 Å². The summed E-state index contributed by atoms with van der Waals surface area (Å²) in [4.78, 5) is 2.61. The fourth-order valence-electron chi connectivity index (χ4n) is 2.75. The van der Waals surface area contributed by atoms with E-state index in [1.807, 2.05) is 0 Å². The Kier molecular flexibility index (Phi) is 3.65. The fourth-order valence-corrected chi connectivity index (χ4v) is 2.75. The predicted octanol–water partition coefficient (Wildman–Crippen LogP) is 3.54. The topological polar surface area (TPSA) is 3.24 Å². The SMILES string of the molecule is Cc1cccc(C)c1CN1CCC[C@@H](C)C1. The smallest absolute Gasteiger partial charge is 0.0239 e. The number of rotatable bonds is 2. The second kappa shape index (κ2) is 5.01. The highest BCUT2D eigenvalue weighted by atomic mass is 15.1. The molecule has 1 aliphatic rings. The highest BCUT2D eigenvalue weighted by molar-refractivity contribution is 5.33. The lowest BCUT2D eigenvalue weighted by Gasteiger charge is -2.31. The lowest BCUT2D eigenvalue weighted by Crippen LogP contribution is -2.34. The Hall–Kier alpha value is -0.820. The number of benzene rings is 1. The maximum Gasteiger partial charge on any atom is 0.0239 e. The van der Waals surface area contributed by atoms with Crippen LogP contribution in [0.2, 0.25) is 0 Å². The van der Waals surface area contributed by atoms with Gasteiger partial charge in [-0.2, -0.15) is 0 Å². The zero-order valence-corrected chi connectivity index (χ0v) is 10.8. The van der Waals surface area contributed by atoms with E-state index in [-0.39, 0.29) is 0 Å². The summed E-state index contributed by atoms with van der Waals surface area (Å²) < 4.78 is 0. The third kappa shape index (κ3) is 2.65. The summed E-state index contributed by atoms with van der Waals surface area (Å²) in [5.41, 5.74) is 4.42. The fraction of sp³-hybridized carbons (Fsp3) is 0.600. The van der Waals surface area contributed by atoms with E-state index in [1.165, 1.54) is 42.6 Å². The molecule has 0 radical (unpaired) electrons. The minimum atomic E-state index is 0.873. The van der Waals surface area contributed by atoms with Crippen LogP contribution in [0.5, 0.6) is 0 Å². The molecule has 1 nitrogen and oxygen atoms in total. The maximum atomic E-state index is 2.61. The average Bonchev–Trinajstić information content (AvgIpc) is 2.24. The Morgan fingerprint density at radius 3 is 2.56 bits per heavy atom. The Morgan fingerprint density at radius 1 is 1.25 bits per heavy atom. The predicted molar refractivity (Wildman–Crippen MR) is 69.6 cm³/mol. The van der Waals surface area contributed by atoms with Crippen molar-refractivity contribution in [2.75, 3.05) is 13.1 Å². The Morgan fingerprint density at radius 2 is 1.94 bits per heavy atom. The summed E-state index contributed by atoms with van der Waals surface area (Å²) in [7, 11) is 0. The van der Waals surface area contributed by atoms with Gasteiger partial charge in [0.15, 0.2) is 0 Å². The quantitative estimate of drug-likeness (QED) is 0.732. The summed E-state index contributed by atoms with van der Waals surface area (Å²) in [5.74, 6) is 0.873. The molecule has 1 aromatic carbocycles. The summed E-state index contributed by atoms with van der Waals surface area (Å²) in [6.45, 7) is 10.5. The van der Waals surface area contributed by atoms with Crippen LogP contribution in [0.25, 0.3) is 0 Å². The van der Waals surface area contributed by atoms with Crippen molar-refractivity contribution >= 4 is 0 Å². The molecular formula is C15H23N. The van der Waals surface area contributed by atoms with Gasteiger partial charge in [-0.05, 0) is 55.8 Å². The van der Waals surface area contributed by atoms with E-state index in [2.05, 4.69) is 43.9 Å². The zero-order valence-electron chi connectivity index (χ0n) is 10.8. The van der Waals surface area contributed by atoms with E-state index in [0.29, 0.717) is 0 Å². The standard InChI is InChI=1S/C15H23N/c1-12-6-5-9-16(10-12)11-15-13(2)7-4-8-14(15)3/h4,7-8,12H,5-6,9-11H2,1-3H3/t12-/m1/s1. The van der Waals surface area contributed by atoms with E-state index in [9.17, 15) is 0 Å². The van der Waals surface area contributed by atoms with Crippen LogP contribution in [0, 0.1) is 19.8 Å². The van der Waals surface area contributed by atoms with E-state index in [0.717, 1.165) is 12.5 Å². The third-order valence-electron chi connectivity index (χ3n) is 3.77. The second-order valence-electron chi connectivity index (χ2n) is 5.35. The molecule has 1 heterocycles. The van der Waals surface area contributed by atoms with Crippen LogP contribution in [0.4, 0.5) is 0 Å². The summed E-state index contributed by atoms with van der Waals surface area (Å²) in [6, 6.07) is 6.62. The number of aryl methyl sites for hydroxylation is 2. The number of hydrogen-bond donors (Lipinski definition) is 0. The van der Waals surface area contributed by atoms with E-state index < -0.39 is 0 Å². The van der Waals surface area contributed by atoms with Gasteiger partial charge in [0.05, 0.1) is 0 Å². The first-order valence-corrected chi connectivity index (χ1v) is 6.44. The highest BCUT2D eigenvalue weighted by Crippen LogP contribution is 2.21. The molecule has 0 saturated carbocycles. The third-order valence-corrected chi connectivity index (χ3v) is 3.77. The van der Waals surface area contributed by atoms with Crippen LogP contribution < -0.4 is 0 Å². The Bertz CT molecular complexity index is 336.